The molecule has 1 saturated heterocycles. The van der Waals surface area contributed by atoms with Crippen LogP contribution in [0.3, 0.4) is 0 Å². The van der Waals surface area contributed by atoms with Gasteiger partial charge in [0.05, 0.1) is 25.5 Å². The topological polar surface area (TPSA) is 72.3 Å². The van der Waals surface area contributed by atoms with Crippen LogP contribution in [-0.4, -0.2) is 46.7 Å². The van der Waals surface area contributed by atoms with Crippen LogP contribution in [-0.2, 0) is 22.6 Å². The Morgan fingerprint density at radius 3 is 2.85 bits per heavy atom. The number of anilines is 1. The van der Waals surface area contributed by atoms with E-state index in [2.05, 4.69) is 20.2 Å². The van der Waals surface area contributed by atoms with Gasteiger partial charge >= 0.3 is 0 Å². The monoisotopic (exact) mass is 365 g/mol. The van der Waals surface area contributed by atoms with Crippen molar-refractivity contribution < 1.29 is 9.53 Å². The summed E-state index contributed by atoms with van der Waals surface area (Å²) < 4.78 is 7.34. The molecular weight excluding hydrogens is 342 g/mol. The number of carbonyl (C=O) groups excluding carboxylic acids is 1. The van der Waals surface area contributed by atoms with Crippen molar-refractivity contribution in [2.75, 3.05) is 31.2 Å². The highest BCUT2D eigenvalue weighted by molar-refractivity contribution is 5.83. The Hall–Kier alpha value is -2.93. The molecule has 0 spiro atoms. The van der Waals surface area contributed by atoms with Gasteiger partial charge in [0, 0.05) is 30.5 Å². The second kappa shape index (κ2) is 7.75. The number of ether oxygens (including phenoxy) is 1. The van der Waals surface area contributed by atoms with E-state index in [1.54, 1.807) is 0 Å². The maximum absolute atomic E-state index is 12.4. The smallest absolute Gasteiger partial charge is 0.240 e. The number of morpholine rings is 1. The number of aromatic nitrogens is 3. The first-order chi connectivity index (χ1) is 13.2. The summed E-state index contributed by atoms with van der Waals surface area (Å²) in [7, 11) is 0. The van der Waals surface area contributed by atoms with Gasteiger partial charge in [-0.05, 0) is 30.5 Å². The number of amides is 1. The molecule has 27 heavy (non-hydrogen) atoms. The molecule has 1 aliphatic rings. The molecule has 0 unspecified atom stereocenters. The van der Waals surface area contributed by atoms with Gasteiger partial charge in [-0.15, -0.1) is 0 Å². The molecule has 3 heterocycles. The zero-order valence-corrected chi connectivity index (χ0v) is 15.4. The van der Waals surface area contributed by atoms with Crippen LogP contribution in [0.2, 0.25) is 0 Å². The molecule has 2 aromatic heterocycles. The fourth-order valence-corrected chi connectivity index (χ4v) is 3.29. The maximum Gasteiger partial charge on any atom is 0.240 e. The Bertz CT molecular complexity index is 946. The molecule has 7 nitrogen and oxygen atoms in total. The lowest BCUT2D eigenvalue weighted by Crippen LogP contribution is -2.37. The van der Waals surface area contributed by atoms with E-state index in [0.717, 1.165) is 35.4 Å². The van der Waals surface area contributed by atoms with Crippen molar-refractivity contribution in [1.82, 2.24) is 19.9 Å². The molecule has 1 fully saturated rings. The van der Waals surface area contributed by atoms with E-state index in [-0.39, 0.29) is 12.5 Å². The molecule has 4 rings (SSSR count). The minimum Gasteiger partial charge on any atom is -0.378 e. The predicted octanol–water partition coefficient (Wildman–Crippen LogP) is 1.89. The molecule has 3 aromatic rings. The number of carbonyl (C=O) groups is 1. The van der Waals surface area contributed by atoms with Crippen molar-refractivity contribution in [2.24, 2.45) is 0 Å². The van der Waals surface area contributed by atoms with Gasteiger partial charge in [0.1, 0.15) is 6.54 Å². The van der Waals surface area contributed by atoms with Crippen LogP contribution < -0.4 is 10.2 Å². The number of rotatable bonds is 5. The molecule has 140 valence electrons. The predicted molar refractivity (Wildman–Crippen MR) is 104 cm³/mol. The van der Waals surface area contributed by atoms with Crippen LogP contribution in [0.25, 0.3) is 10.9 Å². The molecule has 0 aliphatic carbocycles. The van der Waals surface area contributed by atoms with Crippen molar-refractivity contribution in [1.29, 1.82) is 0 Å². The number of nitrogens with one attached hydrogen (secondary N) is 1. The Labute approximate surface area is 158 Å². The van der Waals surface area contributed by atoms with Crippen LogP contribution >= 0.6 is 0 Å². The number of benzene rings is 1. The third kappa shape index (κ3) is 4.09. The van der Waals surface area contributed by atoms with Gasteiger partial charge in [0.25, 0.3) is 0 Å². The van der Waals surface area contributed by atoms with Gasteiger partial charge in [-0.3, -0.25) is 4.79 Å². The Morgan fingerprint density at radius 1 is 1.19 bits per heavy atom. The van der Waals surface area contributed by atoms with Gasteiger partial charge in [-0.2, -0.15) is 0 Å². The third-order valence-electron chi connectivity index (χ3n) is 4.65. The third-order valence-corrected chi connectivity index (χ3v) is 4.65. The van der Waals surface area contributed by atoms with Crippen LogP contribution in [0.5, 0.6) is 0 Å². The molecule has 1 amide bonds. The van der Waals surface area contributed by atoms with Crippen molar-refractivity contribution in [3.05, 3.63) is 54.0 Å². The lowest BCUT2D eigenvalue weighted by Gasteiger charge is -2.27. The van der Waals surface area contributed by atoms with Crippen molar-refractivity contribution in [3.8, 4) is 0 Å². The summed E-state index contributed by atoms with van der Waals surface area (Å²) in [4.78, 5) is 23.7. The lowest BCUT2D eigenvalue weighted by atomic mass is 10.2. The molecule has 7 heteroatoms. The van der Waals surface area contributed by atoms with Crippen LogP contribution in [0.4, 0.5) is 5.95 Å². The van der Waals surface area contributed by atoms with Gasteiger partial charge in [-0.25, -0.2) is 9.97 Å². The van der Waals surface area contributed by atoms with E-state index in [1.807, 2.05) is 54.1 Å². The molecule has 0 radical (unpaired) electrons. The molecule has 1 aliphatic heterocycles. The summed E-state index contributed by atoms with van der Waals surface area (Å²) in [6.07, 6.45) is 1.94. The Kier molecular flexibility index (Phi) is 5.02. The number of aryl methyl sites for hydroxylation is 1. The van der Waals surface area contributed by atoms with Crippen LogP contribution in [0.1, 0.15) is 11.4 Å². The van der Waals surface area contributed by atoms with Crippen molar-refractivity contribution in [3.63, 3.8) is 0 Å². The molecular formula is C20H23N5O2. The number of fused-ring (bicyclic) bond motifs is 1. The summed E-state index contributed by atoms with van der Waals surface area (Å²) in [5.74, 6) is 0.666. The molecule has 1 aromatic carbocycles. The Balaban J connectivity index is 1.40. The summed E-state index contributed by atoms with van der Waals surface area (Å²) in [5, 5.41) is 4.10. The second-order valence-electron chi connectivity index (χ2n) is 6.68. The van der Waals surface area contributed by atoms with Gasteiger partial charge in [0.15, 0.2) is 0 Å². The number of para-hydroxylation sites is 1. The summed E-state index contributed by atoms with van der Waals surface area (Å²) >= 11 is 0. The molecule has 0 saturated carbocycles. The minimum absolute atomic E-state index is 0.0412. The van der Waals surface area contributed by atoms with E-state index < -0.39 is 0 Å². The van der Waals surface area contributed by atoms with Crippen molar-refractivity contribution >= 4 is 22.8 Å². The first-order valence-corrected chi connectivity index (χ1v) is 9.17. The highest BCUT2D eigenvalue weighted by Crippen LogP contribution is 2.15. The van der Waals surface area contributed by atoms with Crippen molar-refractivity contribution in [2.45, 2.75) is 20.0 Å². The Morgan fingerprint density at radius 2 is 2.00 bits per heavy atom. The van der Waals surface area contributed by atoms with Gasteiger partial charge < -0.3 is 19.5 Å². The quantitative estimate of drug-likeness (QED) is 0.748. The van der Waals surface area contributed by atoms with E-state index in [0.29, 0.717) is 25.7 Å². The van der Waals surface area contributed by atoms with E-state index in [9.17, 15) is 4.79 Å². The number of nitrogens with zero attached hydrogens (tertiary/aromatic N) is 4. The normalized spacial score (nSPS) is 14.5. The molecule has 1 N–H and O–H groups in total. The highest BCUT2D eigenvalue weighted by atomic mass is 16.5. The second-order valence-corrected chi connectivity index (χ2v) is 6.68. The van der Waals surface area contributed by atoms with Gasteiger partial charge in [0.2, 0.25) is 11.9 Å². The molecule has 0 atom stereocenters. The highest BCUT2D eigenvalue weighted by Gasteiger charge is 2.15. The van der Waals surface area contributed by atoms with Crippen LogP contribution in [0, 0.1) is 6.92 Å². The van der Waals surface area contributed by atoms with E-state index >= 15 is 0 Å². The minimum atomic E-state index is -0.0412. The van der Waals surface area contributed by atoms with Crippen LogP contribution in [0.15, 0.2) is 42.6 Å². The zero-order valence-electron chi connectivity index (χ0n) is 15.4. The largest absolute Gasteiger partial charge is 0.378 e. The fraction of sp³-hybridized carbons (Fsp3) is 0.350. The summed E-state index contributed by atoms with van der Waals surface area (Å²) in [6, 6.07) is 12.0. The van der Waals surface area contributed by atoms with E-state index in [1.165, 1.54) is 0 Å². The average Bonchev–Trinajstić information content (AvgIpc) is 3.10. The lowest BCUT2D eigenvalue weighted by molar-refractivity contribution is -0.121. The van der Waals surface area contributed by atoms with E-state index in [4.69, 9.17) is 4.74 Å². The number of hydrogen-bond donors (Lipinski definition) is 1. The number of hydrogen-bond acceptors (Lipinski definition) is 5. The standard InChI is InChI=1S/C20H23N5O2/c1-15-12-17(23-20(22-15)24-8-10-27-11-9-24)13-21-19(26)14-25-7-6-16-4-2-3-5-18(16)25/h2-7,12H,8-11,13-14H2,1H3,(H,21,26). The van der Waals surface area contributed by atoms with Gasteiger partial charge in [-0.1, -0.05) is 18.2 Å². The molecule has 0 bridgehead atoms. The summed E-state index contributed by atoms with van der Waals surface area (Å²) in [5.41, 5.74) is 2.77. The first kappa shape index (κ1) is 17.5. The summed E-state index contributed by atoms with van der Waals surface area (Å²) in [6.45, 7) is 5.57. The fourth-order valence-electron chi connectivity index (χ4n) is 3.29. The maximum atomic E-state index is 12.4. The zero-order chi connectivity index (χ0) is 18.6. The SMILES string of the molecule is Cc1cc(CNC(=O)Cn2ccc3ccccc32)nc(N2CCOCC2)n1. The average molecular weight is 365 g/mol. The first-order valence-electron chi connectivity index (χ1n) is 9.17.